The summed E-state index contributed by atoms with van der Waals surface area (Å²) in [5.74, 6) is 1.44. The summed E-state index contributed by atoms with van der Waals surface area (Å²) in [7, 11) is 1.65. The predicted octanol–water partition coefficient (Wildman–Crippen LogP) is 4.18. The van der Waals surface area contributed by atoms with Gasteiger partial charge < -0.3 is 19.9 Å². The van der Waals surface area contributed by atoms with Crippen LogP contribution in [0.5, 0.6) is 11.5 Å². The molecule has 2 aromatic rings. The van der Waals surface area contributed by atoms with Crippen LogP contribution >= 0.6 is 11.6 Å². The highest BCUT2D eigenvalue weighted by atomic mass is 35.5. The molecule has 0 aliphatic rings. The number of hydrogen-bond donors (Lipinski definition) is 2. The molecule has 2 N–H and O–H groups in total. The van der Waals surface area contributed by atoms with Crippen molar-refractivity contribution in [3.05, 3.63) is 58.6 Å². The van der Waals surface area contributed by atoms with Gasteiger partial charge in [0.15, 0.2) is 11.5 Å². The summed E-state index contributed by atoms with van der Waals surface area (Å²) < 4.78 is 11.3. The lowest BCUT2D eigenvalue weighted by molar-refractivity contribution is 0.282. The maximum atomic E-state index is 8.76. The molecule has 5 heteroatoms. The van der Waals surface area contributed by atoms with Crippen molar-refractivity contribution in [3.63, 3.8) is 0 Å². The molecule has 0 bridgehead atoms. The summed E-state index contributed by atoms with van der Waals surface area (Å²) in [4.78, 5) is 0. The van der Waals surface area contributed by atoms with E-state index >= 15 is 0 Å². The summed E-state index contributed by atoms with van der Waals surface area (Å²) >= 11 is 5.99. The Labute approximate surface area is 154 Å². The van der Waals surface area contributed by atoms with Gasteiger partial charge in [-0.2, -0.15) is 0 Å². The zero-order valence-corrected chi connectivity index (χ0v) is 15.4. The smallest absolute Gasteiger partial charge is 0.161 e. The molecule has 0 aliphatic carbocycles. The van der Waals surface area contributed by atoms with Crippen LogP contribution in [0.4, 0.5) is 0 Å². The summed E-state index contributed by atoms with van der Waals surface area (Å²) in [6.07, 6.45) is 2.98. The summed E-state index contributed by atoms with van der Waals surface area (Å²) in [5, 5.41) is 12.9. The topological polar surface area (TPSA) is 50.7 Å². The zero-order chi connectivity index (χ0) is 17.9. The Morgan fingerprint density at radius 3 is 2.64 bits per heavy atom. The van der Waals surface area contributed by atoms with Gasteiger partial charge in [-0.1, -0.05) is 29.8 Å². The number of ether oxygens (including phenoxy) is 2. The van der Waals surface area contributed by atoms with Crippen LogP contribution in [0.25, 0.3) is 0 Å². The molecule has 0 amide bonds. The number of benzene rings is 2. The van der Waals surface area contributed by atoms with Crippen molar-refractivity contribution in [2.75, 3.05) is 20.3 Å². The number of nitrogens with one attached hydrogen (secondary N) is 1. The second kappa shape index (κ2) is 11.0. The van der Waals surface area contributed by atoms with Crippen molar-refractivity contribution < 1.29 is 14.6 Å². The molecule has 0 saturated carbocycles. The van der Waals surface area contributed by atoms with Crippen molar-refractivity contribution in [2.24, 2.45) is 0 Å². The molecule has 0 aliphatic heterocycles. The Kier molecular flexibility index (Phi) is 8.60. The summed E-state index contributed by atoms with van der Waals surface area (Å²) in [5.41, 5.74) is 2.16. The van der Waals surface area contributed by atoms with Crippen LogP contribution in [0, 0.1) is 0 Å². The molecule has 0 atom stereocenters. The van der Waals surface area contributed by atoms with Crippen molar-refractivity contribution >= 4 is 11.6 Å². The lowest BCUT2D eigenvalue weighted by Crippen LogP contribution is -2.14. The van der Waals surface area contributed by atoms with Crippen molar-refractivity contribution in [3.8, 4) is 11.5 Å². The first-order valence-electron chi connectivity index (χ1n) is 8.58. The number of hydrogen-bond acceptors (Lipinski definition) is 4. The first kappa shape index (κ1) is 19.6. The fraction of sp³-hybridized carbons (Fsp3) is 0.400. The molecule has 0 fully saturated rings. The third-order valence-electron chi connectivity index (χ3n) is 3.85. The number of aliphatic hydroxyl groups excluding tert-OH is 1. The van der Waals surface area contributed by atoms with Crippen molar-refractivity contribution in [1.29, 1.82) is 0 Å². The molecule has 0 aromatic heterocycles. The molecule has 2 rings (SSSR count). The minimum atomic E-state index is 0.272. The van der Waals surface area contributed by atoms with E-state index in [2.05, 4.69) is 5.32 Å². The van der Waals surface area contributed by atoms with Crippen LogP contribution in [-0.4, -0.2) is 25.4 Å². The van der Waals surface area contributed by atoms with Gasteiger partial charge in [0.25, 0.3) is 0 Å². The van der Waals surface area contributed by atoms with E-state index in [-0.39, 0.29) is 6.61 Å². The fourth-order valence-corrected chi connectivity index (χ4v) is 2.71. The summed E-state index contributed by atoms with van der Waals surface area (Å²) in [6.45, 7) is 2.44. The Morgan fingerprint density at radius 1 is 1.00 bits per heavy atom. The van der Waals surface area contributed by atoms with Gasteiger partial charge in [0.1, 0.15) is 6.61 Å². The van der Waals surface area contributed by atoms with E-state index in [1.165, 1.54) is 0 Å². The molecule has 0 radical (unpaired) electrons. The second-order valence-corrected chi connectivity index (χ2v) is 6.30. The molecule has 0 saturated heterocycles. The van der Waals surface area contributed by atoms with E-state index < -0.39 is 0 Å². The van der Waals surface area contributed by atoms with Crippen LogP contribution in [-0.2, 0) is 13.2 Å². The van der Waals surface area contributed by atoms with Gasteiger partial charge in [-0.15, -0.1) is 0 Å². The van der Waals surface area contributed by atoms with E-state index in [4.69, 9.17) is 26.2 Å². The van der Waals surface area contributed by atoms with Gasteiger partial charge in [-0.3, -0.25) is 0 Å². The predicted molar refractivity (Wildman–Crippen MR) is 101 cm³/mol. The van der Waals surface area contributed by atoms with E-state index in [9.17, 15) is 0 Å². The number of rotatable bonds is 11. The molecular formula is C20H26ClNO3. The third-order valence-corrected chi connectivity index (χ3v) is 4.09. The monoisotopic (exact) mass is 363 g/mol. The van der Waals surface area contributed by atoms with E-state index in [0.717, 1.165) is 49.2 Å². The number of unbranched alkanes of at least 4 members (excludes halogenated alkanes) is 2. The molecule has 2 aromatic carbocycles. The van der Waals surface area contributed by atoms with Crippen LogP contribution in [0.2, 0.25) is 5.02 Å². The van der Waals surface area contributed by atoms with Gasteiger partial charge >= 0.3 is 0 Å². The first-order valence-corrected chi connectivity index (χ1v) is 8.96. The average molecular weight is 364 g/mol. The van der Waals surface area contributed by atoms with Crippen LogP contribution < -0.4 is 14.8 Å². The second-order valence-electron chi connectivity index (χ2n) is 5.86. The number of methoxy groups -OCH3 is 1. The summed E-state index contributed by atoms with van der Waals surface area (Å²) in [6, 6.07) is 13.6. The average Bonchev–Trinajstić information content (AvgIpc) is 2.63. The van der Waals surface area contributed by atoms with Gasteiger partial charge in [0, 0.05) is 18.2 Å². The quantitative estimate of drug-likeness (QED) is 0.588. The number of aliphatic hydroxyl groups is 1. The van der Waals surface area contributed by atoms with Crippen molar-refractivity contribution in [2.45, 2.75) is 32.4 Å². The lowest BCUT2D eigenvalue weighted by Gasteiger charge is -2.13. The van der Waals surface area contributed by atoms with Crippen LogP contribution in [0.3, 0.4) is 0 Å². The van der Waals surface area contributed by atoms with E-state index in [1.54, 1.807) is 7.11 Å². The maximum absolute atomic E-state index is 8.76. The van der Waals surface area contributed by atoms with Gasteiger partial charge in [-0.05, 0) is 61.2 Å². The molecule has 0 spiro atoms. The molecule has 0 unspecified atom stereocenters. The van der Waals surface area contributed by atoms with E-state index in [0.29, 0.717) is 17.4 Å². The molecule has 25 heavy (non-hydrogen) atoms. The van der Waals surface area contributed by atoms with Gasteiger partial charge in [-0.25, -0.2) is 0 Å². The normalized spacial score (nSPS) is 10.7. The number of halogens is 1. The van der Waals surface area contributed by atoms with Crippen LogP contribution in [0.15, 0.2) is 42.5 Å². The van der Waals surface area contributed by atoms with E-state index in [1.807, 2.05) is 42.5 Å². The SMILES string of the molecule is COc1cc(CNCCCCCO)ccc1OCc1cccc(Cl)c1. The van der Waals surface area contributed by atoms with Crippen molar-refractivity contribution in [1.82, 2.24) is 5.32 Å². The first-order chi connectivity index (χ1) is 12.2. The highest BCUT2D eigenvalue weighted by molar-refractivity contribution is 6.30. The van der Waals surface area contributed by atoms with Crippen LogP contribution in [0.1, 0.15) is 30.4 Å². The Balaban J connectivity index is 1.85. The Bertz CT molecular complexity index is 649. The minimum Gasteiger partial charge on any atom is -0.493 e. The van der Waals surface area contributed by atoms with Gasteiger partial charge in [0.05, 0.1) is 7.11 Å². The molecule has 136 valence electrons. The Morgan fingerprint density at radius 2 is 1.88 bits per heavy atom. The largest absolute Gasteiger partial charge is 0.493 e. The lowest BCUT2D eigenvalue weighted by atomic mass is 10.2. The molecular weight excluding hydrogens is 338 g/mol. The standard InChI is InChI=1S/C20H26ClNO3/c1-24-20-13-16(14-22-10-3-2-4-11-23)8-9-19(20)25-15-17-6-5-7-18(21)12-17/h5-9,12-13,22-23H,2-4,10-11,14-15H2,1H3. The maximum Gasteiger partial charge on any atom is 0.161 e. The third kappa shape index (κ3) is 6.94. The minimum absolute atomic E-state index is 0.272. The molecule has 0 heterocycles. The highest BCUT2D eigenvalue weighted by Gasteiger charge is 2.06. The highest BCUT2D eigenvalue weighted by Crippen LogP contribution is 2.29. The fourth-order valence-electron chi connectivity index (χ4n) is 2.50. The Hall–Kier alpha value is -1.75. The molecule has 4 nitrogen and oxygen atoms in total. The zero-order valence-electron chi connectivity index (χ0n) is 14.6. The van der Waals surface area contributed by atoms with Gasteiger partial charge in [0.2, 0.25) is 0 Å².